The quantitative estimate of drug-likeness (QED) is 0.425. The molecule has 0 amide bonds. The first-order valence-electron chi connectivity index (χ1n) is 10.2. The molecule has 1 aromatic carbocycles. The van der Waals surface area contributed by atoms with Crippen molar-refractivity contribution >= 4 is 23.7 Å². The fourth-order valence-corrected chi connectivity index (χ4v) is 3.33. The predicted molar refractivity (Wildman–Crippen MR) is 112 cm³/mol. The number of carboxylic acid groups (broad SMARTS) is 3. The van der Waals surface area contributed by atoms with Crippen molar-refractivity contribution in [1.82, 2.24) is 4.90 Å². The largest absolute Gasteiger partial charge is 0.481 e. The molecule has 31 heavy (non-hydrogen) atoms. The minimum Gasteiger partial charge on any atom is -0.481 e. The lowest BCUT2D eigenvalue weighted by molar-refractivity contribution is -0.170. The molecular formula is C22H31NO8. The van der Waals surface area contributed by atoms with Gasteiger partial charge in [0.05, 0.1) is 12.8 Å². The highest BCUT2D eigenvalue weighted by molar-refractivity contribution is 5.97. The number of Topliss-reactive ketones (excluding diaryl/α,β-unsaturated/α-hetero) is 1. The normalized spacial score (nSPS) is 15.3. The summed E-state index contributed by atoms with van der Waals surface area (Å²) in [5.74, 6) is -4.64. The average molecular weight is 437 g/mol. The SMILES string of the molecule is Cc1ccc(C(=O)C(C)CN2CCCCC2)cc1.O=C(O)CC(O)(CC(=O)O)C(=O)O. The maximum Gasteiger partial charge on any atom is 0.336 e. The summed E-state index contributed by atoms with van der Waals surface area (Å²) in [6, 6.07) is 7.93. The van der Waals surface area contributed by atoms with Crippen LogP contribution in [0.15, 0.2) is 24.3 Å². The number of rotatable bonds is 9. The first-order valence-corrected chi connectivity index (χ1v) is 10.2. The van der Waals surface area contributed by atoms with Crippen LogP contribution in [-0.2, 0) is 14.4 Å². The Bertz CT molecular complexity index is 752. The van der Waals surface area contributed by atoms with Crippen molar-refractivity contribution in [3.8, 4) is 0 Å². The smallest absolute Gasteiger partial charge is 0.336 e. The second-order valence-corrected chi connectivity index (χ2v) is 7.97. The number of aliphatic hydroxyl groups is 1. The molecule has 0 radical (unpaired) electrons. The Balaban J connectivity index is 0.000000330. The molecule has 1 aliphatic rings. The number of nitrogens with zero attached hydrogens (tertiary/aromatic N) is 1. The van der Waals surface area contributed by atoms with Crippen molar-refractivity contribution < 1.29 is 39.6 Å². The number of likely N-dealkylation sites (tertiary alicyclic amines) is 1. The Morgan fingerprint density at radius 1 is 0.935 bits per heavy atom. The zero-order valence-corrected chi connectivity index (χ0v) is 17.9. The molecule has 0 bridgehead atoms. The van der Waals surface area contributed by atoms with Crippen molar-refractivity contribution in [2.45, 2.75) is 51.6 Å². The van der Waals surface area contributed by atoms with Gasteiger partial charge in [-0.1, -0.05) is 43.2 Å². The summed E-state index contributed by atoms with van der Waals surface area (Å²) in [7, 11) is 0. The number of carbonyl (C=O) groups excluding carboxylic acids is 1. The monoisotopic (exact) mass is 437 g/mol. The minimum atomic E-state index is -2.74. The van der Waals surface area contributed by atoms with Crippen LogP contribution in [0.4, 0.5) is 0 Å². The van der Waals surface area contributed by atoms with Gasteiger partial charge < -0.3 is 25.3 Å². The van der Waals surface area contributed by atoms with Crippen molar-refractivity contribution in [3.05, 3.63) is 35.4 Å². The van der Waals surface area contributed by atoms with E-state index < -0.39 is 36.4 Å². The summed E-state index contributed by atoms with van der Waals surface area (Å²) < 4.78 is 0. The molecule has 1 fully saturated rings. The molecule has 0 saturated carbocycles. The first-order chi connectivity index (χ1) is 14.4. The van der Waals surface area contributed by atoms with E-state index in [-0.39, 0.29) is 11.7 Å². The van der Waals surface area contributed by atoms with Crippen molar-refractivity contribution in [2.75, 3.05) is 19.6 Å². The van der Waals surface area contributed by atoms with E-state index in [0.717, 1.165) is 25.2 Å². The van der Waals surface area contributed by atoms with Crippen LogP contribution >= 0.6 is 0 Å². The van der Waals surface area contributed by atoms with E-state index in [4.69, 9.17) is 20.4 Å². The lowest BCUT2D eigenvalue weighted by Gasteiger charge is -2.28. The number of benzene rings is 1. The Morgan fingerprint density at radius 3 is 1.84 bits per heavy atom. The van der Waals surface area contributed by atoms with Gasteiger partial charge in [-0.05, 0) is 32.9 Å². The second-order valence-electron chi connectivity index (χ2n) is 7.97. The van der Waals surface area contributed by atoms with Crippen LogP contribution in [0.2, 0.25) is 0 Å². The molecule has 1 saturated heterocycles. The molecule has 1 unspecified atom stereocenters. The van der Waals surface area contributed by atoms with Gasteiger partial charge in [-0.15, -0.1) is 0 Å². The number of piperidine rings is 1. The highest BCUT2D eigenvalue weighted by Crippen LogP contribution is 2.16. The molecule has 9 heteroatoms. The van der Waals surface area contributed by atoms with Crippen LogP contribution in [0.3, 0.4) is 0 Å². The molecule has 1 aliphatic heterocycles. The lowest BCUT2D eigenvalue weighted by Crippen LogP contribution is -2.42. The summed E-state index contributed by atoms with van der Waals surface area (Å²) in [6.07, 6.45) is 1.62. The zero-order chi connectivity index (χ0) is 23.6. The van der Waals surface area contributed by atoms with Crippen LogP contribution < -0.4 is 0 Å². The second kappa shape index (κ2) is 12.2. The van der Waals surface area contributed by atoms with Crippen molar-refractivity contribution in [1.29, 1.82) is 0 Å². The van der Waals surface area contributed by atoms with Gasteiger partial charge in [-0.3, -0.25) is 14.4 Å². The Morgan fingerprint density at radius 2 is 1.42 bits per heavy atom. The Hall–Kier alpha value is -2.78. The number of hydrogen-bond donors (Lipinski definition) is 4. The van der Waals surface area contributed by atoms with E-state index in [0.29, 0.717) is 0 Å². The van der Waals surface area contributed by atoms with E-state index >= 15 is 0 Å². The number of carboxylic acids is 3. The minimum absolute atomic E-state index is 0.103. The van der Waals surface area contributed by atoms with Gasteiger partial charge in [0.25, 0.3) is 0 Å². The topological polar surface area (TPSA) is 152 Å². The van der Waals surface area contributed by atoms with Gasteiger partial charge in [0, 0.05) is 18.0 Å². The van der Waals surface area contributed by atoms with Gasteiger partial charge in [-0.25, -0.2) is 4.79 Å². The third-order valence-corrected chi connectivity index (χ3v) is 5.05. The highest BCUT2D eigenvalue weighted by Gasteiger charge is 2.40. The van der Waals surface area contributed by atoms with E-state index in [1.165, 1.54) is 24.8 Å². The molecule has 0 spiro atoms. The van der Waals surface area contributed by atoms with Crippen molar-refractivity contribution in [2.24, 2.45) is 5.92 Å². The van der Waals surface area contributed by atoms with Crippen molar-refractivity contribution in [3.63, 3.8) is 0 Å². The van der Waals surface area contributed by atoms with Gasteiger partial charge in [-0.2, -0.15) is 0 Å². The molecule has 172 valence electrons. The van der Waals surface area contributed by atoms with Crippen LogP contribution in [0.5, 0.6) is 0 Å². The summed E-state index contributed by atoms with van der Waals surface area (Å²) in [5, 5.41) is 33.8. The summed E-state index contributed by atoms with van der Waals surface area (Å²) >= 11 is 0. The zero-order valence-electron chi connectivity index (χ0n) is 17.9. The van der Waals surface area contributed by atoms with Gasteiger partial charge in [0.1, 0.15) is 0 Å². The molecule has 4 N–H and O–H groups in total. The molecule has 0 aliphatic carbocycles. The average Bonchev–Trinajstić information content (AvgIpc) is 2.68. The predicted octanol–water partition coefficient (Wildman–Crippen LogP) is 2.05. The van der Waals surface area contributed by atoms with E-state index in [9.17, 15) is 19.2 Å². The van der Waals surface area contributed by atoms with Gasteiger partial charge in [0.15, 0.2) is 11.4 Å². The van der Waals surface area contributed by atoms with Gasteiger partial charge in [0.2, 0.25) is 0 Å². The fourth-order valence-electron chi connectivity index (χ4n) is 3.33. The fraction of sp³-hybridized carbons (Fsp3) is 0.545. The van der Waals surface area contributed by atoms with E-state index in [1.807, 2.05) is 31.2 Å². The van der Waals surface area contributed by atoms with Crippen LogP contribution in [0, 0.1) is 12.8 Å². The number of hydrogen-bond acceptors (Lipinski definition) is 6. The molecular weight excluding hydrogens is 406 g/mol. The highest BCUT2D eigenvalue weighted by atomic mass is 16.4. The maximum atomic E-state index is 12.3. The summed E-state index contributed by atoms with van der Waals surface area (Å²) in [5.41, 5.74) is -0.683. The summed E-state index contributed by atoms with van der Waals surface area (Å²) in [4.78, 5) is 45.2. The Kier molecular flexibility index (Phi) is 10.3. The van der Waals surface area contributed by atoms with E-state index in [1.54, 1.807) is 0 Å². The first kappa shape index (κ1) is 26.3. The number of ketones is 1. The standard InChI is InChI=1S/C16H23NO.C6H8O7/c1-13-6-8-15(9-7-13)16(18)14(2)12-17-10-4-3-5-11-17;7-3(8)1-6(13,5(11)12)2-4(9)10/h6-9,14H,3-5,10-12H2,1-2H3;13H,1-2H2,(H,7,8)(H,9,10)(H,11,12). The number of aliphatic carboxylic acids is 3. The van der Waals surface area contributed by atoms with Crippen LogP contribution in [-0.4, -0.2) is 74.3 Å². The third kappa shape index (κ3) is 9.27. The molecule has 9 nitrogen and oxygen atoms in total. The molecule has 1 atom stereocenters. The number of carbonyl (C=O) groups is 4. The maximum absolute atomic E-state index is 12.3. The summed E-state index contributed by atoms with van der Waals surface area (Å²) in [6.45, 7) is 7.33. The van der Waals surface area contributed by atoms with Crippen LogP contribution in [0.1, 0.15) is 54.9 Å². The molecule has 1 aromatic rings. The molecule has 0 aromatic heterocycles. The van der Waals surface area contributed by atoms with Gasteiger partial charge >= 0.3 is 17.9 Å². The van der Waals surface area contributed by atoms with E-state index in [2.05, 4.69) is 11.8 Å². The van der Waals surface area contributed by atoms with Crippen LogP contribution in [0.25, 0.3) is 0 Å². The number of aryl methyl sites for hydroxylation is 1. The Labute approximate surface area is 181 Å². The lowest BCUT2D eigenvalue weighted by atomic mass is 9.96. The molecule has 1 heterocycles. The third-order valence-electron chi connectivity index (χ3n) is 5.05. The molecule has 2 rings (SSSR count).